The van der Waals surface area contributed by atoms with Crippen molar-refractivity contribution >= 4 is 0 Å². The van der Waals surface area contributed by atoms with E-state index in [2.05, 4.69) is 57.7 Å². The highest BCUT2D eigenvalue weighted by atomic mass is 16.5. The Morgan fingerprint density at radius 3 is 2.59 bits per heavy atom. The fraction of sp³-hybridized carbons (Fsp3) is 0.273. The number of aromatic nitrogens is 5. The highest BCUT2D eigenvalue weighted by molar-refractivity contribution is 5.52. The largest absolute Gasteiger partial charge is 0.337 e. The zero-order valence-electron chi connectivity index (χ0n) is 16.6. The van der Waals surface area contributed by atoms with E-state index in [1.54, 1.807) is 12.4 Å². The Morgan fingerprint density at radius 2 is 1.83 bits per heavy atom. The average molecular weight is 388 g/mol. The van der Waals surface area contributed by atoms with E-state index in [0.29, 0.717) is 24.2 Å². The molecular weight excluding hydrogens is 364 g/mol. The van der Waals surface area contributed by atoms with Gasteiger partial charge in [0, 0.05) is 36.3 Å². The van der Waals surface area contributed by atoms with Crippen LogP contribution in [0, 0.1) is 5.92 Å². The van der Waals surface area contributed by atoms with E-state index in [4.69, 9.17) is 4.52 Å². The van der Waals surface area contributed by atoms with E-state index in [-0.39, 0.29) is 6.04 Å². The summed E-state index contributed by atoms with van der Waals surface area (Å²) in [4.78, 5) is 8.61. The minimum atomic E-state index is -0.0458. The number of rotatable bonds is 8. The predicted octanol–water partition coefficient (Wildman–Crippen LogP) is 3.86. The molecule has 1 aromatic carbocycles. The molecule has 0 saturated heterocycles. The lowest BCUT2D eigenvalue weighted by Gasteiger charge is -2.17. The van der Waals surface area contributed by atoms with Crippen LogP contribution in [0.1, 0.15) is 36.9 Å². The smallest absolute Gasteiger partial charge is 0.244 e. The molecule has 0 amide bonds. The molecule has 0 aliphatic carbocycles. The summed E-state index contributed by atoms with van der Waals surface area (Å²) >= 11 is 0. The Kier molecular flexibility index (Phi) is 5.76. The van der Waals surface area contributed by atoms with Crippen molar-refractivity contribution in [1.29, 1.82) is 0 Å². The lowest BCUT2D eigenvalue weighted by molar-refractivity contribution is 0.288. The molecule has 0 fully saturated rings. The second-order valence-corrected chi connectivity index (χ2v) is 7.33. The van der Waals surface area contributed by atoms with E-state index in [9.17, 15) is 0 Å². The van der Waals surface area contributed by atoms with Crippen LogP contribution in [0.5, 0.6) is 0 Å². The van der Waals surface area contributed by atoms with Crippen LogP contribution in [0.25, 0.3) is 11.4 Å². The highest BCUT2D eigenvalue weighted by Crippen LogP contribution is 2.23. The van der Waals surface area contributed by atoms with Gasteiger partial charge >= 0.3 is 0 Å². The Labute approximate surface area is 169 Å². The number of nitrogens with one attached hydrogen (secondary N) is 1. The predicted molar refractivity (Wildman–Crippen MR) is 110 cm³/mol. The van der Waals surface area contributed by atoms with Gasteiger partial charge in [-0.2, -0.15) is 10.1 Å². The molecule has 0 radical (unpaired) electrons. The molecule has 7 nitrogen and oxygen atoms in total. The van der Waals surface area contributed by atoms with Crippen LogP contribution in [0.3, 0.4) is 0 Å². The molecule has 29 heavy (non-hydrogen) atoms. The van der Waals surface area contributed by atoms with Gasteiger partial charge in [0.2, 0.25) is 11.7 Å². The molecule has 0 aliphatic rings. The maximum atomic E-state index is 5.55. The summed E-state index contributed by atoms with van der Waals surface area (Å²) in [7, 11) is 0. The third kappa shape index (κ3) is 4.75. The molecule has 7 heteroatoms. The summed E-state index contributed by atoms with van der Waals surface area (Å²) in [5.74, 6) is 1.45. The second-order valence-electron chi connectivity index (χ2n) is 7.33. The maximum Gasteiger partial charge on any atom is 0.244 e. The quantitative estimate of drug-likeness (QED) is 0.494. The first kappa shape index (κ1) is 19.0. The van der Waals surface area contributed by atoms with E-state index in [1.807, 2.05) is 41.2 Å². The van der Waals surface area contributed by atoms with Crippen molar-refractivity contribution in [3.05, 3.63) is 84.3 Å². The third-order valence-electron chi connectivity index (χ3n) is 4.71. The second kappa shape index (κ2) is 8.79. The topological polar surface area (TPSA) is 81.7 Å². The van der Waals surface area contributed by atoms with Gasteiger partial charge in [0.25, 0.3) is 0 Å². The summed E-state index contributed by atoms with van der Waals surface area (Å²) in [5.41, 5.74) is 3.23. The number of hydrogen-bond donors (Lipinski definition) is 1. The number of nitrogens with zero attached hydrogens (tertiary/aromatic N) is 5. The van der Waals surface area contributed by atoms with Gasteiger partial charge in [-0.25, -0.2) is 0 Å². The summed E-state index contributed by atoms with van der Waals surface area (Å²) < 4.78 is 7.50. The van der Waals surface area contributed by atoms with Crippen molar-refractivity contribution in [2.75, 3.05) is 0 Å². The fourth-order valence-electron chi connectivity index (χ4n) is 3.17. The van der Waals surface area contributed by atoms with Crippen molar-refractivity contribution in [2.45, 2.75) is 33.0 Å². The van der Waals surface area contributed by atoms with E-state index >= 15 is 0 Å². The first-order chi connectivity index (χ1) is 14.2. The van der Waals surface area contributed by atoms with Crippen molar-refractivity contribution < 1.29 is 4.52 Å². The summed E-state index contributed by atoms with van der Waals surface area (Å²) in [6.45, 7) is 5.69. The van der Waals surface area contributed by atoms with Crippen LogP contribution in [0.2, 0.25) is 0 Å². The molecule has 0 aliphatic heterocycles. The van der Waals surface area contributed by atoms with Crippen molar-refractivity contribution in [3.8, 4) is 11.4 Å². The lowest BCUT2D eigenvalue weighted by atomic mass is 10.0. The number of benzene rings is 1. The Morgan fingerprint density at radius 1 is 1.03 bits per heavy atom. The molecule has 0 spiro atoms. The summed E-state index contributed by atoms with van der Waals surface area (Å²) in [6, 6.07) is 14.0. The van der Waals surface area contributed by atoms with Gasteiger partial charge in [0.05, 0.1) is 18.8 Å². The monoisotopic (exact) mass is 388 g/mol. The minimum Gasteiger partial charge on any atom is -0.337 e. The molecule has 4 aromatic rings. The normalized spacial score (nSPS) is 12.4. The van der Waals surface area contributed by atoms with Crippen LogP contribution in [-0.4, -0.2) is 24.9 Å². The van der Waals surface area contributed by atoms with E-state index in [1.165, 1.54) is 5.56 Å². The van der Waals surface area contributed by atoms with Crippen molar-refractivity contribution in [3.63, 3.8) is 0 Å². The molecule has 0 saturated carbocycles. The summed E-state index contributed by atoms with van der Waals surface area (Å²) in [5, 5.41) is 12.1. The van der Waals surface area contributed by atoms with Gasteiger partial charge in [-0.1, -0.05) is 49.3 Å². The van der Waals surface area contributed by atoms with E-state index < -0.39 is 0 Å². The van der Waals surface area contributed by atoms with Crippen LogP contribution >= 0.6 is 0 Å². The SMILES string of the molecule is CC(C)[C@@H](NCc1cnn(Cc2ccccc2)c1)c1nc(-c2ccncc2)no1. The molecule has 3 heterocycles. The average Bonchev–Trinajstić information content (AvgIpc) is 3.40. The molecule has 0 unspecified atom stereocenters. The molecular formula is C22H24N6O. The van der Waals surface area contributed by atoms with Gasteiger partial charge in [-0.05, 0) is 23.6 Å². The fourth-order valence-corrected chi connectivity index (χ4v) is 3.17. The molecule has 0 bridgehead atoms. The Bertz CT molecular complexity index is 1030. The van der Waals surface area contributed by atoms with Gasteiger partial charge < -0.3 is 9.84 Å². The number of hydrogen-bond acceptors (Lipinski definition) is 6. The zero-order chi connectivity index (χ0) is 20.1. The first-order valence-corrected chi connectivity index (χ1v) is 9.71. The molecule has 148 valence electrons. The van der Waals surface area contributed by atoms with Crippen molar-refractivity contribution in [2.24, 2.45) is 5.92 Å². The standard InChI is InChI=1S/C22H24N6O/c1-16(2)20(22-26-21(27-29-22)19-8-10-23-11-9-19)24-12-18-13-25-28(15-18)14-17-6-4-3-5-7-17/h3-11,13,15-16,20,24H,12,14H2,1-2H3/t20-/m1/s1. The van der Waals surface area contributed by atoms with Gasteiger partial charge in [-0.15, -0.1) is 0 Å². The minimum absolute atomic E-state index is 0.0458. The highest BCUT2D eigenvalue weighted by Gasteiger charge is 2.22. The first-order valence-electron chi connectivity index (χ1n) is 9.71. The summed E-state index contributed by atoms with van der Waals surface area (Å²) in [6.07, 6.45) is 7.39. The van der Waals surface area contributed by atoms with Crippen LogP contribution < -0.4 is 5.32 Å². The van der Waals surface area contributed by atoms with Gasteiger partial charge in [0.15, 0.2) is 0 Å². The van der Waals surface area contributed by atoms with Gasteiger partial charge in [0.1, 0.15) is 0 Å². The van der Waals surface area contributed by atoms with Crippen LogP contribution in [0.15, 0.2) is 71.8 Å². The molecule has 1 atom stereocenters. The molecule has 4 rings (SSSR count). The van der Waals surface area contributed by atoms with Crippen molar-refractivity contribution in [1.82, 2.24) is 30.2 Å². The third-order valence-corrected chi connectivity index (χ3v) is 4.71. The Balaban J connectivity index is 1.41. The van der Waals surface area contributed by atoms with Crippen LogP contribution in [-0.2, 0) is 13.1 Å². The molecule has 1 N–H and O–H groups in total. The van der Waals surface area contributed by atoms with Gasteiger partial charge in [-0.3, -0.25) is 9.67 Å². The lowest BCUT2D eigenvalue weighted by Crippen LogP contribution is -2.25. The molecule has 3 aromatic heterocycles. The maximum absolute atomic E-state index is 5.55. The zero-order valence-corrected chi connectivity index (χ0v) is 16.6. The number of pyridine rings is 1. The Hall–Kier alpha value is -3.32. The van der Waals surface area contributed by atoms with Crippen LogP contribution in [0.4, 0.5) is 0 Å². The van der Waals surface area contributed by atoms with E-state index in [0.717, 1.165) is 17.7 Å².